The van der Waals surface area contributed by atoms with Crippen molar-refractivity contribution in [1.29, 1.82) is 0 Å². The first-order valence-corrected chi connectivity index (χ1v) is 4.03. The third kappa shape index (κ3) is 2.20. The van der Waals surface area contributed by atoms with Crippen LogP contribution in [0.2, 0.25) is 0 Å². The van der Waals surface area contributed by atoms with E-state index < -0.39 is 5.01 Å². The minimum absolute atomic E-state index is 0.105. The molecule has 1 aromatic heterocycles. The predicted octanol–water partition coefficient (Wildman–Crippen LogP) is 1.35. The number of aromatic nitrogens is 1. The molecule has 1 atom stereocenters. The Labute approximate surface area is 77.3 Å². The SMILES string of the molecule is O=COC(Br)c1ccnc(O)c1. The fourth-order valence-corrected chi connectivity index (χ4v) is 1.08. The van der Waals surface area contributed by atoms with E-state index in [1.807, 2.05) is 0 Å². The van der Waals surface area contributed by atoms with Crippen LogP contribution in [0.15, 0.2) is 18.3 Å². The van der Waals surface area contributed by atoms with Crippen LogP contribution in [0.5, 0.6) is 5.88 Å². The van der Waals surface area contributed by atoms with E-state index in [-0.39, 0.29) is 5.88 Å². The molecule has 0 aliphatic heterocycles. The minimum atomic E-state index is -0.538. The third-order valence-electron chi connectivity index (χ3n) is 1.21. The molecule has 4 nitrogen and oxygen atoms in total. The van der Waals surface area contributed by atoms with Crippen molar-refractivity contribution < 1.29 is 14.6 Å². The zero-order valence-corrected chi connectivity index (χ0v) is 7.56. The van der Waals surface area contributed by atoms with E-state index in [0.29, 0.717) is 12.0 Å². The lowest BCUT2D eigenvalue weighted by Gasteiger charge is -2.06. The summed E-state index contributed by atoms with van der Waals surface area (Å²) >= 11 is 3.09. The van der Waals surface area contributed by atoms with Gasteiger partial charge in [0.25, 0.3) is 6.47 Å². The van der Waals surface area contributed by atoms with Crippen LogP contribution in [0.1, 0.15) is 10.6 Å². The van der Waals surface area contributed by atoms with E-state index in [9.17, 15) is 4.79 Å². The van der Waals surface area contributed by atoms with Gasteiger partial charge in [-0.1, -0.05) is 0 Å². The molecule has 0 amide bonds. The molecule has 0 saturated heterocycles. The van der Waals surface area contributed by atoms with Gasteiger partial charge in [0.2, 0.25) is 5.88 Å². The van der Waals surface area contributed by atoms with Crippen molar-refractivity contribution in [2.24, 2.45) is 0 Å². The first kappa shape index (κ1) is 8.99. The first-order chi connectivity index (χ1) is 5.74. The van der Waals surface area contributed by atoms with Gasteiger partial charge in [-0.3, -0.25) is 4.79 Å². The summed E-state index contributed by atoms with van der Waals surface area (Å²) in [5.74, 6) is -0.105. The molecule has 12 heavy (non-hydrogen) atoms. The highest BCUT2D eigenvalue weighted by Gasteiger charge is 2.07. The van der Waals surface area contributed by atoms with Gasteiger partial charge in [0.15, 0.2) is 5.01 Å². The summed E-state index contributed by atoms with van der Waals surface area (Å²) in [5.41, 5.74) is 0.634. The second kappa shape index (κ2) is 4.06. The second-order valence-electron chi connectivity index (χ2n) is 2.00. The quantitative estimate of drug-likeness (QED) is 0.631. The number of pyridine rings is 1. The van der Waals surface area contributed by atoms with Crippen LogP contribution in [0.25, 0.3) is 0 Å². The Morgan fingerprint density at radius 1 is 1.75 bits per heavy atom. The summed E-state index contributed by atoms with van der Waals surface area (Å²) in [6, 6.07) is 3.03. The summed E-state index contributed by atoms with van der Waals surface area (Å²) in [6.07, 6.45) is 1.42. The number of carbonyl (C=O) groups is 1. The van der Waals surface area contributed by atoms with Crippen molar-refractivity contribution >= 4 is 22.4 Å². The van der Waals surface area contributed by atoms with Gasteiger partial charge in [-0.05, 0) is 22.0 Å². The molecule has 0 aromatic carbocycles. The highest BCUT2D eigenvalue weighted by Crippen LogP contribution is 2.24. The average Bonchev–Trinajstić information content (AvgIpc) is 2.05. The highest BCUT2D eigenvalue weighted by atomic mass is 79.9. The normalized spacial score (nSPS) is 12.1. The van der Waals surface area contributed by atoms with Crippen LogP contribution in [-0.2, 0) is 9.53 Å². The number of ether oxygens (including phenoxy) is 1. The molecule has 64 valence electrons. The largest absolute Gasteiger partial charge is 0.493 e. The van der Waals surface area contributed by atoms with Gasteiger partial charge in [-0.25, -0.2) is 4.98 Å². The van der Waals surface area contributed by atoms with E-state index in [1.54, 1.807) is 6.07 Å². The molecule has 0 fully saturated rings. The van der Waals surface area contributed by atoms with E-state index >= 15 is 0 Å². The lowest BCUT2D eigenvalue weighted by atomic mass is 10.3. The van der Waals surface area contributed by atoms with Crippen molar-refractivity contribution in [1.82, 2.24) is 4.98 Å². The summed E-state index contributed by atoms with van der Waals surface area (Å²) in [5, 5.41) is 8.42. The average molecular weight is 232 g/mol. The Morgan fingerprint density at radius 3 is 3.08 bits per heavy atom. The number of hydrogen-bond donors (Lipinski definition) is 1. The third-order valence-corrected chi connectivity index (χ3v) is 1.95. The van der Waals surface area contributed by atoms with E-state index in [4.69, 9.17) is 5.11 Å². The number of rotatable bonds is 3. The zero-order valence-electron chi connectivity index (χ0n) is 5.98. The number of hydrogen-bond acceptors (Lipinski definition) is 4. The van der Waals surface area contributed by atoms with Crippen LogP contribution >= 0.6 is 15.9 Å². The molecule has 1 rings (SSSR count). The fourth-order valence-electron chi connectivity index (χ4n) is 0.703. The van der Waals surface area contributed by atoms with Crippen molar-refractivity contribution in [3.8, 4) is 5.88 Å². The van der Waals surface area contributed by atoms with Crippen molar-refractivity contribution in [2.75, 3.05) is 0 Å². The van der Waals surface area contributed by atoms with Gasteiger partial charge in [0.05, 0.1) is 0 Å². The van der Waals surface area contributed by atoms with E-state index in [1.165, 1.54) is 12.3 Å². The number of aromatic hydroxyl groups is 1. The molecule has 0 bridgehead atoms. The zero-order chi connectivity index (χ0) is 8.97. The summed E-state index contributed by atoms with van der Waals surface area (Å²) < 4.78 is 4.58. The van der Waals surface area contributed by atoms with Crippen LogP contribution in [0, 0.1) is 0 Å². The van der Waals surface area contributed by atoms with Crippen LogP contribution in [0.4, 0.5) is 0 Å². The fraction of sp³-hybridized carbons (Fsp3) is 0.143. The van der Waals surface area contributed by atoms with Crippen LogP contribution in [-0.4, -0.2) is 16.6 Å². The molecule has 0 aliphatic rings. The predicted molar refractivity (Wildman–Crippen MR) is 44.7 cm³/mol. The topological polar surface area (TPSA) is 59.4 Å². The number of halogens is 1. The Hall–Kier alpha value is -1.10. The van der Waals surface area contributed by atoms with Crippen LogP contribution < -0.4 is 0 Å². The van der Waals surface area contributed by atoms with Gasteiger partial charge >= 0.3 is 0 Å². The summed E-state index contributed by atoms with van der Waals surface area (Å²) in [7, 11) is 0. The molecule has 1 aromatic rings. The molecule has 1 heterocycles. The van der Waals surface area contributed by atoms with Crippen LogP contribution in [0.3, 0.4) is 0 Å². The Balaban J connectivity index is 2.80. The molecule has 5 heteroatoms. The van der Waals surface area contributed by atoms with Crippen molar-refractivity contribution in [3.05, 3.63) is 23.9 Å². The number of nitrogens with zero attached hydrogens (tertiary/aromatic N) is 1. The molecule has 0 spiro atoms. The van der Waals surface area contributed by atoms with Gasteiger partial charge < -0.3 is 9.84 Å². The lowest BCUT2D eigenvalue weighted by molar-refractivity contribution is -0.129. The van der Waals surface area contributed by atoms with Gasteiger partial charge in [0, 0.05) is 17.8 Å². The maximum Gasteiger partial charge on any atom is 0.294 e. The van der Waals surface area contributed by atoms with E-state index in [2.05, 4.69) is 25.7 Å². The molecule has 0 radical (unpaired) electrons. The first-order valence-electron chi connectivity index (χ1n) is 3.12. The molecule has 1 N–H and O–H groups in total. The maximum atomic E-state index is 9.94. The van der Waals surface area contributed by atoms with Gasteiger partial charge in [0.1, 0.15) is 0 Å². The Bertz CT molecular complexity index is 279. The van der Waals surface area contributed by atoms with Crippen molar-refractivity contribution in [2.45, 2.75) is 5.01 Å². The molecular formula is C7H6BrNO3. The summed E-state index contributed by atoms with van der Waals surface area (Å²) in [4.78, 5) is 13.5. The molecule has 0 aliphatic carbocycles. The molecular weight excluding hydrogens is 226 g/mol. The Morgan fingerprint density at radius 2 is 2.50 bits per heavy atom. The molecule has 1 unspecified atom stereocenters. The summed E-state index contributed by atoms with van der Waals surface area (Å²) in [6.45, 7) is 0.330. The van der Waals surface area contributed by atoms with Gasteiger partial charge in [-0.15, -0.1) is 0 Å². The van der Waals surface area contributed by atoms with Gasteiger partial charge in [-0.2, -0.15) is 0 Å². The number of alkyl halides is 1. The maximum absolute atomic E-state index is 9.94. The minimum Gasteiger partial charge on any atom is -0.493 e. The van der Waals surface area contributed by atoms with E-state index in [0.717, 1.165) is 0 Å². The number of carbonyl (C=O) groups excluding carboxylic acids is 1. The second-order valence-corrected chi connectivity index (χ2v) is 2.83. The smallest absolute Gasteiger partial charge is 0.294 e. The standard InChI is InChI=1S/C7H6BrNO3/c8-7(12-4-10)5-1-2-9-6(11)3-5/h1-4,7H,(H,9,11). The monoisotopic (exact) mass is 231 g/mol. The van der Waals surface area contributed by atoms with Crippen molar-refractivity contribution in [3.63, 3.8) is 0 Å². The lowest BCUT2D eigenvalue weighted by Crippen LogP contribution is -1.94. The highest BCUT2D eigenvalue weighted by molar-refractivity contribution is 9.09. The Kier molecular flexibility index (Phi) is 3.04. The molecule has 0 saturated carbocycles.